The Morgan fingerprint density at radius 2 is 1.85 bits per heavy atom. The number of carbonyl (C=O) groups is 1. The summed E-state index contributed by atoms with van der Waals surface area (Å²) in [6, 6.07) is 0.351. The van der Waals surface area contributed by atoms with Crippen LogP contribution in [0.15, 0.2) is 0 Å². The number of methoxy groups -OCH3 is 1. The monoisotopic (exact) mass is 286 g/mol. The average molecular weight is 286 g/mol. The number of unbranched alkanes of at least 4 members (excludes halogenated alkanes) is 2. The summed E-state index contributed by atoms with van der Waals surface area (Å²) in [4.78, 5) is 14.2. The molecule has 120 valence electrons. The fraction of sp³-hybridized carbons (Fsp3) is 0.938. The molecule has 0 aromatic heterocycles. The van der Waals surface area contributed by atoms with Gasteiger partial charge in [-0.05, 0) is 46.2 Å². The Kier molecular flexibility index (Phi) is 11.8. The second kappa shape index (κ2) is 12.2. The van der Waals surface area contributed by atoms with E-state index in [1.807, 2.05) is 0 Å². The van der Waals surface area contributed by atoms with E-state index in [1.165, 1.54) is 26.4 Å². The van der Waals surface area contributed by atoms with Crippen molar-refractivity contribution < 1.29 is 9.53 Å². The summed E-state index contributed by atoms with van der Waals surface area (Å²) in [5.41, 5.74) is 0. The smallest absolute Gasteiger partial charge is 0.322 e. The molecule has 0 aromatic rings. The predicted molar refractivity (Wildman–Crippen MR) is 84.9 cm³/mol. The Labute approximate surface area is 125 Å². The summed E-state index contributed by atoms with van der Waals surface area (Å²) < 4.78 is 4.88. The largest absolute Gasteiger partial charge is 0.468 e. The van der Waals surface area contributed by atoms with E-state index < -0.39 is 0 Å². The first-order chi connectivity index (χ1) is 9.56. The Hall–Kier alpha value is -0.610. The number of rotatable bonds is 12. The van der Waals surface area contributed by atoms with Gasteiger partial charge in [0.05, 0.1) is 7.11 Å². The van der Waals surface area contributed by atoms with Crippen LogP contribution < -0.4 is 5.32 Å². The molecule has 0 aromatic carbocycles. The number of nitrogens with one attached hydrogen (secondary N) is 1. The van der Waals surface area contributed by atoms with Gasteiger partial charge < -0.3 is 15.0 Å². The number of ether oxygens (including phenoxy) is 1. The Morgan fingerprint density at radius 1 is 1.15 bits per heavy atom. The van der Waals surface area contributed by atoms with E-state index in [0.717, 1.165) is 32.5 Å². The molecule has 0 fully saturated rings. The summed E-state index contributed by atoms with van der Waals surface area (Å²) in [6.07, 6.45) is 5.60. The van der Waals surface area contributed by atoms with Crippen LogP contribution in [0.5, 0.6) is 0 Å². The van der Waals surface area contributed by atoms with Crippen molar-refractivity contribution in [2.24, 2.45) is 0 Å². The maximum atomic E-state index is 11.8. The Balaban J connectivity index is 4.26. The van der Waals surface area contributed by atoms with Crippen LogP contribution in [0, 0.1) is 0 Å². The molecule has 0 radical (unpaired) electrons. The summed E-state index contributed by atoms with van der Waals surface area (Å²) in [5, 5.41) is 3.28. The van der Waals surface area contributed by atoms with Gasteiger partial charge in [-0.15, -0.1) is 0 Å². The Bertz CT molecular complexity index is 245. The Morgan fingerprint density at radius 3 is 2.35 bits per heavy atom. The van der Waals surface area contributed by atoms with E-state index in [1.54, 1.807) is 0 Å². The number of carbonyl (C=O) groups excluding carboxylic acids is 1. The van der Waals surface area contributed by atoms with Gasteiger partial charge in [-0.1, -0.05) is 26.7 Å². The third-order valence-electron chi connectivity index (χ3n) is 3.61. The molecule has 4 nitrogen and oxygen atoms in total. The van der Waals surface area contributed by atoms with E-state index in [9.17, 15) is 4.79 Å². The molecule has 1 unspecified atom stereocenters. The molecule has 0 aliphatic rings. The molecule has 0 spiro atoms. The lowest BCUT2D eigenvalue weighted by Gasteiger charge is -2.28. The minimum Gasteiger partial charge on any atom is -0.468 e. The highest BCUT2D eigenvalue weighted by molar-refractivity contribution is 5.75. The van der Waals surface area contributed by atoms with Gasteiger partial charge >= 0.3 is 5.97 Å². The fourth-order valence-electron chi connectivity index (χ4n) is 2.25. The molecule has 1 N–H and O–H groups in total. The number of hydrogen-bond acceptors (Lipinski definition) is 4. The third kappa shape index (κ3) is 8.54. The normalized spacial score (nSPS) is 12.9. The maximum Gasteiger partial charge on any atom is 0.322 e. The first-order valence-corrected chi connectivity index (χ1v) is 8.12. The third-order valence-corrected chi connectivity index (χ3v) is 3.61. The highest BCUT2D eigenvalue weighted by Gasteiger charge is 2.20. The highest BCUT2D eigenvalue weighted by Crippen LogP contribution is 2.06. The molecular formula is C16H34N2O2. The van der Waals surface area contributed by atoms with Crippen molar-refractivity contribution in [1.82, 2.24) is 10.2 Å². The van der Waals surface area contributed by atoms with Crippen molar-refractivity contribution >= 4 is 5.97 Å². The molecule has 0 aliphatic heterocycles. The lowest BCUT2D eigenvalue weighted by atomic mass is 10.1. The SMILES string of the molecule is CCCCCN(CCC(NCCC)C(=O)OC)C(C)C. The first-order valence-electron chi connectivity index (χ1n) is 8.12. The molecule has 4 heteroatoms. The van der Waals surface area contributed by atoms with Crippen LogP contribution in [-0.4, -0.2) is 49.7 Å². The standard InChI is InChI=1S/C16H34N2O2/c1-6-8-9-12-18(14(3)4)13-10-15(16(19)20-5)17-11-7-2/h14-15,17H,6-13H2,1-5H3. The second-order valence-corrected chi connectivity index (χ2v) is 5.66. The minimum absolute atomic E-state index is 0.143. The van der Waals surface area contributed by atoms with Crippen molar-refractivity contribution in [2.45, 2.75) is 71.9 Å². The lowest BCUT2D eigenvalue weighted by molar-refractivity contribution is -0.143. The minimum atomic E-state index is -0.174. The van der Waals surface area contributed by atoms with Crippen LogP contribution in [0.3, 0.4) is 0 Å². The van der Waals surface area contributed by atoms with Crippen LogP contribution in [0.25, 0.3) is 0 Å². The van der Waals surface area contributed by atoms with Gasteiger partial charge in [0.15, 0.2) is 0 Å². The van der Waals surface area contributed by atoms with E-state index in [0.29, 0.717) is 6.04 Å². The molecular weight excluding hydrogens is 252 g/mol. The van der Waals surface area contributed by atoms with Crippen molar-refractivity contribution in [3.8, 4) is 0 Å². The molecule has 0 saturated carbocycles. The van der Waals surface area contributed by atoms with Crippen molar-refractivity contribution in [2.75, 3.05) is 26.7 Å². The molecule has 0 heterocycles. The summed E-state index contributed by atoms with van der Waals surface area (Å²) in [7, 11) is 1.46. The maximum absolute atomic E-state index is 11.8. The zero-order valence-electron chi connectivity index (χ0n) is 14.1. The van der Waals surface area contributed by atoms with Crippen LogP contribution in [0.4, 0.5) is 0 Å². The van der Waals surface area contributed by atoms with Crippen LogP contribution >= 0.6 is 0 Å². The van der Waals surface area contributed by atoms with Gasteiger partial charge in [0, 0.05) is 12.6 Å². The predicted octanol–water partition coefficient (Wildman–Crippen LogP) is 2.82. The lowest BCUT2D eigenvalue weighted by Crippen LogP contribution is -2.42. The van der Waals surface area contributed by atoms with Gasteiger partial charge in [-0.2, -0.15) is 0 Å². The highest BCUT2D eigenvalue weighted by atomic mass is 16.5. The van der Waals surface area contributed by atoms with Gasteiger partial charge in [0.25, 0.3) is 0 Å². The summed E-state index contributed by atoms with van der Waals surface area (Å²) >= 11 is 0. The fourth-order valence-corrected chi connectivity index (χ4v) is 2.25. The zero-order valence-corrected chi connectivity index (χ0v) is 14.1. The van der Waals surface area contributed by atoms with Crippen molar-refractivity contribution in [3.63, 3.8) is 0 Å². The molecule has 0 bridgehead atoms. The van der Waals surface area contributed by atoms with E-state index in [4.69, 9.17) is 4.74 Å². The first kappa shape index (κ1) is 19.4. The topological polar surface area (TPSA) is 41.6 Å². The van der Waals surface area contributed by atoms with E-state index in [-0.39, 0.29) is 12.0 Å². The van der Waals surface area contributed by atoms with Crippen LogP contribution in [-0.2, 0) is 9.53 Å². The number of esters is 1. The number of nitrogens with zero attached hydrogens (tertiary/aromatic N) is 1. The summed E-state index contributed by atoms with van der Waals surface area (Å²) in [6.45, 7) is 11.7. The van der Waals surface area contributed by atoms with E-state index >= 15 is 0 Å². The van der Waals surface area contributed by atoms with Gasteiger partial charge in [0.2, 0.25) is 0 Å². The molecule has 0 aliphatic carbocycles. The van der Waals surface area contributed by atoms with Crippen LogP contribution in [0.2, 0.25) is 0 Å². The zero-order chi connectivity index (χ0) is 15.4. The van der Waals surface area contributed by atoms with E-state index in [2.05, 4.69) is 37.9 Å². The molecule has 0 saturated heterocycles. The van der Waals surface area contributed by atoms with Crippen molar-refractivity contribution in [1.29, 1.82) is 0 Å². The second-order valence-electron chi connectivity index (χ2n) is 5.66. The number of hydrogen-bond donors (Lipinski definition) is 1. The summed E-state index contributed by atoms with van der Waals surface area (Å²) in [5.74, 6) is -0.143. The molecule has 1 atom stereocenters. The average Bonchev–Trinajstić information content (AvgIpc) is 2.44. The quantitative estimate of drug-likeness (QED) is 0.442. The molecule has 0 amide bonds. The van der Waals surface area contributed by atoms with Crippen LogP contribution in [0.1, 0.15) is 59.8 Å². The van der Waals surface area contributed by atoms with Gasteiger partial charge in [-0.3, -0.25) is 4.79 Å². The molecule has 20 heavy (non-hydrogen) atoms. The van der Waals surface area contributed by atoms with Crippen molar-refractivity contribution in [3.05, 3.63) is 0 Å². The van der Waals surface area contributed by atoms with Gasteiger partial charge in [0.1, 0.15) is 6.04 Å². The van der Waals surface area contributed by atoms with Gasteiger partial charge in [-0.25, -0.2) is 0 Å². The molecule has 0 rings (SSSR count).